The van der Waals surface area contributed by atoms with Gasteiger partial charge in [0.25, 0.3) is 0 Å². The van der Waals surface area contributed by atoms with Crippen LogP contribution in [-0.2, 0) is 0 Å². The predicted octanol–water partition coefficient (Wildman–Crippen LogP) is 2.05. The fourth-order valence-corrected chi connectivity index (χ4v) is 1.66. The number of aromatic nitrogens is 2. The summed E-state index contributed by atoms with van der Waals surface area (Å²) in [5.41, 5.74) is 0. The third-order valence-corrected chi connectivity index (χ3v) is 2.82. The van der Waals surface area contributed by atoms with Crippen molar-refractivity contribution in [1.29, 1.82) is 0 Å². The molecule has 5 heteroatoms. The smallest absolute Gasteiger partial charge is 0.224 e. The monoisotopic (exact) mass is 251 g/mol. The van der Waals surface area contributed by atoms with Crippen molar-refractivity contribution in [3.05, 3.63) is 12.3 Å². The zero-order chi connectivity index (χ0) is 13.2. The molecule has 1 heterocycles. The highest BCUT2D eigenvalue weighted by Crippen LogP contribution is 2.05. The molecule has 18 heavy (non-hydrogen) atoms. The van der Waals surface area contributed by atoms with Crippen LogP contribution in [0, 0.1) is 0 Å². The molecule has 2 N–H and O–H groups in total. The van der Waals surface area contributed by atoms with Gasteiger partial charge < -0.3 is 15.5 Å². The van der Waals surface area contributed by atoms with Gasteiger partial charge in [0.05, 0.1) is 0 Å². The van der Waals surface area contributed by atoms with Crippen molar-refractivity contribution in [2.24, 2.45) is 0 Å². The van der Waals surface area contributed by atoms with Crippen LogP contribution in [0.25, 0.3) is 0 Å². The molecular formula is C13H25N5. The maximum atomic E-state index is 4.41. The Hall–Kier alpha value is -1.36. The van der Waals surface area contributed by atoms with Crippen LogP contribution >= 0.6 is 0 Å². The van der Waals surface area contributed by atoms with E-state index < -0.39 is 0 Å². The van der Waals surface area contributed by atoms with Crippen molar-refractivity contribution in [2.45, 2.75) is 27.2 Å². The Labute approximate surface area is 110 Å². The fourth-order valence-electron chi connectivity index (χ4n) is 1.66. The van der Waals surface area contributed by atoms with E-state index in [9.17, 15) is 0 Å². The molecule has 0 amide bonds. The van der Waals surface area contributed by atoms with E-state index in [1.807, 2.05) is 6.07 Å². The van der Waals surface area contributed by atoms with Crippen molar-refractivity contribution in [2.75, 3.05) is 43.4 Å². The number of hydrogen-bond acceptors (Lipinski definition) is 5. The maximum absolute atomic E-state index is 4.41. The lowest BCUT2D eigenvalue weighted by atomic mass is 10.4. The molecule has 5 nitrogen and oxygen atoms in total. The summed E-state index contributed by atoms with van der Waals surface area (Å²) in [7, 11) is 0. The van der Waals surface area contributed by atoms with Gasteiger partial charge in [-0.2, -0.15) is 4.98 Å². The Kier molecular flexibility index (Phi) is 7.10. The van der Waals surface area contributed by atoms with Crippen LogP contribution in [-0.4, -0.2) is 47.6 Å². The lowest BCUT2D eigenvalue weighted by Gasteiger charge is -2.18. The fraction of sp³-hybridized carbons (Fsp3) is 0.692. The molecule has 0 aliphatic rings. The minimum absolute atomic E-state index is 0.699. The number of likely N-dealkylation sites (N-methyl/N-ethyl adjacent to an activating group) is 1. The topological polar surface area (TPSA) is 53.1 Å². The molecule has 0 saturated heterocycles. The molecule has 0 saturated carbocycles. The van der Waals surface area contributed by atoms with Crippen molar-refractivity contribution in [3.63, 3.8) is 0 Å². The summed E-state index contributed by atoms with van der Waals surface area (Å²) in [4.78, 5) is 11.0. The Balaban J connectivity index is 2.37. The third-order valence-electron chi connectivity index (χ3n) is 2.82. The van der Waals surface area contributed by atoms with Gasteiger partial charge in [0.15, 0.2) is 0 Å². The van der Waals surface area contributed by atoms with Gasteiger partial charge in [-0.05, 0) is 25.6 Å². The van der Waals surface area contributed by atoms with Crippen molar-refractivity contribution in [1.82, 2.24) is 14.9 Å². The van der Waals surface area contributed by atoms with E-state index in [0.717, 1.165) is 45.0 Å². The Morgan fingerprint density at radius 3 is 2.56 bits per heavy atom. The number of rotatable bonds is 9. The number of hydrogen-bond donors (Lipinski definition) is 2. The van der Waals surface area contributed by atoms with Crippen LogP contribution in [0.4, 0.5) is 11.8 Å². The molecule has 102 valence electrons. The summed E-state index contributed by atoms with van der Waals surface area (Å²) in [5, 5.41) is 6.51. The summed E-state index contributed by atoms with van der Waals surface area (Å²) in [6.45, 7) is 11.5. The van der Waals surface area contributed by atoms with Crippen LogP contribution in [0.15, 0.2) is 12.3 Å². The molecule has 0 aromatic carbocycles. The molecule has 0 aliphatic carbocycles. The van der Waals surface area contributed by atoms with E-state index >= 15 is 0 Å². The molecular weight excluding hydrogens is 226 g/mol. The molecule has 0 aliphatic heterocycles. The maximum Gasteiger partial charge on any atom is 0.224 e. The molecule has 0 atom stereocenters. The highest BCUT2D eigenvalue weighted by Gasteiger charge is 2.00. The molecule has 0 unspecified atom stereocenters. The first-order chi connectivity index (χ1) is 8.80. The Morgan fingerprint density at radius 2 is 1.89 bits per heavy atom. The Bertz CT molecular complexity index is 325. The molecule has 0 bridgehead atoms. The van der Waals surface area contributed by atoms with E-state index in [0.29, 0.717) is 5.95 Å². The normalized spacial score (nSPS) is 10.7. The van der Waals surface area contributed by atoms with E-state index in [4.69, 9.17) is 0 Å². The van der Waals surface area contributed by atoms with Crippen molar-refractivity contribution < 1.29 is 0 Å². The molecule has 1 rings (SSSR count). The first-order valence-electron chi connectivity index (χ1n) is 6.83. The lowest BCUT2D eigenvalue weighted by molar-refractivity contribution is 0.316. The summed E-state index contributed by atoms with van der Waals surface area (Å²) < 4.78 is 0. The van der Waals surface area contributed by atoms with Gasteiger partial charge in [0.2, 0.25) is 5.95 Å². The quantitative estimate of drug-likeness (QED) is 0.703. The van der Waals surface area contributed by atoms with Crippen LogP contribution in [0.3, 0.4) is 0 Å². The largest absolute Gasteiger partial charge is 0.369 e. The van der Waals surface area contributed by atoms with Gasteiger partial charge in [-0.1, -0.05) is 20.8 Å². The van der Waals surface area contributed by atoms with E-state index in [1.165, 1.54) is 0 Å². The minimum Gasteiger partial charge on any atom is -0.369 e. The average Bonchev–Trinajstić information content (AvgIpc) is 2.42. The van der Waals surface area contributed by atoms with Crippen LogP contribution in [0.5, 0.6) is 0 Å². The first kappa shape index (κ1) is 14.7. The van der Waals surface area contributed by atoms with E-state index in [-0.39, 0.29) is 0 Å². The Morgan fingerprint density at radius 1 is 1.11 bits per heavy atom. The number of nitrogens with zero attached hydrogens (tertiary/aromatic N) is 3. The third kappa shape index (κ3) is 5.31. The molecule has 0 spiro atoms. The molecule has 1 aromatic heterocycles. The van der Waals surface area contributed by atoms with E-state index in [2.05, 4.69) is 46.3 Å². The standard InChI is InChI=1S/C13H25N5/c1-4-8-15-13-16-9-7-12(17-13)14-10-11-18(5-2)6-3/h7,9H,4-6,8,10-11H2,1-3H3,(H2,14,15,16,17). The predicted molar refractivity (Wildman–Crippen MR) is 77.1 cm³/mol. The van der Waals surface area contributed by atoms with E-state index in [1.54, 1.807) is 6.20 Å². The second kappa shape index (κ2) is 8.69. The van der Waals surface area contributed by atoms with Gasteiger partial charge in [0, 0.05) is 25.8 Å². The van der Waals surface area contributed by atoms with Crippen molar-refractivity contribution in [3.8, 4) is 0 Å². The van der Waals surface area contributed by atoms with Gasteiger partial charge in [-0.15, -0.1) is 0 Å². The highest BCUT2D eigenvalue weighted by molar-refractivity contribution is 5.39. The number of anilines is 2. The summed E-state index contributed by atoms with van der Waals surface area (Å²) >= 11 is 0. The molecule has 0 fully saturated rings. The second-order valence-electron chi connectivity index (χ2n) is 4.15. The van der Waals surface area contributed by atoms with Gasteiger partial charge in [-0.3, -0.25) is 0 Å². The lowest BCUT2D eigenvalue weighted by Crippen LogP contribution is -2.28. The molecule has 0 radical (unpaired) electrons. The van der Waals surface area contributed by atoms with Gasteiger partial charge in [0.1, 0.15) is 5.82 Å². The summed E-state index contributed by atoms with van der Waals surface area (Å²) in [5.74, 6) is 1.58. The highest BCUT2D eigenvalue weighted by atomic mass is 15.2. The minimum atomic E-state index is 0.699. The van der Waals surface area contributed by atoms with Crippen molar-refractivity contribution >= 4 is 11.8 Å². The average molecular weight is 251 g/mol. The van der Waals surface area contributed by atoms with Gasteiger partial charge >= 0.3 is 0 Å². The van der Waals surface area contributed by atoms with Crippen LogP contribution in [0.1, 0.15) is 27.2 Å². The zero-order valence-electron chi connectivity index (χ0n) is 11.7. The van der Waals surface area contributed by atoms with Gasteiger partial charge in [-0.25, -0.2) is 4.98 Å². The summed E-state index contributed by atoms with van der Waals surface area (Å²) in [6.07, 6.45) is 2.85. The molecule has 1 aromatic rings. The first-order valence-corrected chi connectivity index (χ1v) is 6.83. The second-order valence-corrected chi connectivity index (χ2v) is 4.15. The number of nitrogens with one attached hydrogen (secondary N) is 2. The SMILES string of the molecule is CCCNc1nccc(NCCN(CC)CC)n1. The summed E-state index contributed by atoms with van der Waals surface area (Å²) in [6, 6.07) is 1.90. The van der Waals surface area contributed by atoms with Crippen LogP contribution < -0.4 is 10.6 Å². The van der Waals surface area contributed by atoms with Crippen LogP contribution in [0.2, 0.25) is 0 Å². The zero-order valence-corrected chi connectivity index (χ0v) is 11.7.